The maximum atomic E-state index is 13.5. The Morgan fingerprint density at radius 2 is 1.81 bits per heavy atom. The van der Waals surface area contributed by atoms with Gasteiger partial charge < -0.3 is 9.80 Å². The quantitative estimate of drug-likeness (QED) is 0.465. The summed E-state index contributed by atoms with van der Waals surface area (Å²) in [6.07, 6.45) is 0. The lowest BCUT2D eigenvalue weighted by molar-refractivity contribution is -0.384. The third kappa shape index (κ3) is 4.62. The Morgan fingerprint density at radius 3 is 2.42 bits per heavy atom. The number of hydrogen-bond acceptors (Lipinski definition) is 5. The second kappa shape index (κ2) is 9.16. The summed E-state index contributed by atoms with van der Waals surface area (Å²) in [7, 11) is 0. The van der Waals surface area contributed by atoms with Crippen LogP contribution in [-0.2, 0) is 4.79 Å². The smallest absolute Gasteiger partial charge is 0.270 e. The van der Waals surface area contributed by atoms with Crippen molar-refractivity contribution in [1.82, 2.24) is 4.90 Å². The molecule has 0 saturated carbocycles. The number of nitrogens with zero attached hydrogens (tertiary/aromatic N) is 4. The molecule has 0 radical (unpaired) electrons. The van der Waals surface area contributed by atoms with Gasteiger partial charge in [-0.3, -0.25) is 19.9 Å². The zero-order valence-corrected chi connectivity index (χ0v) is 19.0. The number of amides is 1. The molecule has 0 N–H and O–H groups in total. The molecule has 1 heterocycles. The number of aliphatic imine (C=N–C) groups is 1. The first-order valence-electron chi connectivity index (χ1n) is 10.4. The van der Waals surface area contributed by atoms with Crippen LogP contribution in [0.4, 0.5) is 11.4 Å². The zero-order chi connectivity index (χ0) is 22.8. The second-order valence-corrected chi connectivity index (χ2v) is 8.35. The van der Waals surface area contributed by atoms with Crippen LogP contribution < -0.4 is 4.90 Å². The van der Waals surface area contributed by atoms with E-state index in [2.05, 4.69) is 18.7 Å². The minimum atomic E-state index is -1.06. The molecule has 164 valence electrons. The molecule has 0 aliphatic carbocycles. The van der Waals surface area contributed by atoms with Gasteiger partial charge in [0.2, 0.25) is 0 Å². The first-order chi connectivity index (χ1) is 14.7. The minimum Gasteiger partial charge on any atom is -0.308 e. The fourth-order valence-electron chi connectivity index (χ4n) is 3.75. The molecule has 0 aromatic heterocycles. The number of anilines is 1. The molecule has 0 bridgehead atoms. The molecular weight excluding hydrogens is 416 g/mol. The molecule has 0 atom stereocenters. The van der Waals surface area contributed by atoms with E-state index >= 15 is 0 Å². The van der Waals surface area contributed by atoms with Crippen molar-refractivity contribution >= 4 is 34.6 Å². The lowest BCUT2D eigenvalue weighted by Gasteiger charge is -2.30. The lowest BCUT2D eigenvalue weighted by Crippen LogP contribution is -2.46. The van der Waals surface area contributed by atoms with E-state index in [4.69, 9.17) is 16.6 Å². The van der Waals surface area contributed by atoms with E-state index in [1.807, 2.05) is 18.2 Å². The van der Waals surface area contributed by atoms with Crippen molar-refractivity contribution in [1.29, 1.82) is 0 Å². The number of rotatable bonds is 7. The number of hydrogen-bond donors (Lipinski definition) is 0. The number of carbonyl (C=O) groups excluding carboxylic acids is 1. The van der Waals surface area contributed by atoms with Gasteiger partial charge in [-0.2, -0.15) is 0 Å². The van der Waals surface area contributed by atoms with Crippen LogP contribution in [0.2, 0.25) is 5.02 Å². The van der Waals surface area contributed by atoms with Crippen LogP contribution in [0, 0.1) is 10.1 Å². The van der Waals surface area contributed by atoms with Crippen LogP contribution in [0.15, 0.2) is 47.5 Å². The van der Waals surface area contributed by atoms with Crippen LogP contribution in [0.3, 0.4) is 0 Å². The van der Waals surface area contributed by atoms with Crippen LogP contribution in [0.25, 0.3) is 0 Å². The van der Waals surface area contributed by atoms with Gasteiger partial charge in [0.25, 0.3) is 11.6 Å². The first-order valence-corrected chi connectivity index (χ1v) is 10.7. The van der Waals surface area contributed by atoms with Gasteiger partial charge in [-0.1, -0.05) is 43.6 Å². The summed E-state index contributed by atoms with van der Waals surface area (Å²) >= 11 is 6.47. The summed E-state index contributed by atoms with van der Waals surface area (Å²) in [6, 6.07) is 11.8. The Hall–Kier alpha value is -2.77. The monoisotopic (exact) mass is 442 g/mol. The van der Waals surface area contributed by atoms with Crippen molar-refractivity contribution in [2.24, 2.45) is 4.99 Å². The van der Waals surface area contributed by atoms with Crippen molar-refractivity contribution < 1.29 is 9.72 Å². The normalized spacial score (nSPS) is 15.5. The minimum absolute atomic E-state index is 0.0608. The fourth-order valence-corrected chi connectivity index (χ4v) is 3.98. The van der Waals surface area contributed by atoms with Crippen molar-refractivity contribution in [3.8, 4) is 0 Å². The van der Waals surface area contributed by atoms with E-state index in [1.54, 1.807) is 30.9 Å². The van der Waals surface area contributed by atoms with E-state index in [-0.39, 0.29) is 11.6 Å². The van der Waals surface area contributed by atoms with Crippen LogP contribution in [0.5, 0.6) is 0 Å². The maximum Gasteiger partial charge on any atom is 0.270 e. The molecule has 0 spiro atoms. The summed E-state index contributed by atoms with van der Waals surface area (Å²) in [4.78, 5) is 33.3. The van der Waals surface area contributed by atoms with E-state index in [0.29, 0.717) is 40.6 Å². The number of nitro benzene ring substituents is 1. The number of likely N-dealkylation sites (N-methyl/N-ethyl adjacent to an activating group) is 1. The Labute approximate surface area is 187 Å². The summed E-state index contributed by atoms with van der Waals surface area (Å²) < 4.78 is 0. The Kier molecular flexibility index (Phi) is 6.77. The fraction of sp³-hybridized carbons (Fsp3) is 0.391. The van der Waals surface area contributed by atoms with Gasteiger partial charge in [-0.15, -0.1) is 0 Å². The van der Waals surface area contributed by atoms with Gasteiger partial charge in [0, 0.05) is 41.4 Å². The predicted octanol–water partition coefficient (Wildman–Crippen LogP) is 4.55. The summed E-state index contributed by atoms with van der Waals surface area (Å²) in [5, 5.41) is 12.0. The van der Waals surface area contributed by atoms with Gasteiger partial charge in [0.15, 0.2) is 0 Å². The molecule has 1 amide bonds. The van der Waals surface area contributed by atoms with Gasteiger partial charge in [-0.05, 0) is 39.1 Å². The van der Waals surface area contributed by atoms with Gasteiger partial charge >= 0.3 is 0 Å². The molecule has 2 aromatic rings. The first kappa shape index (κ1) is 22.9. The highest BCUT2D eigenvalue weighted by atomic mass is 35.5. The predicted molar refractivity (Wildman–Crippen MR) is 124 cm³/mol. The van der Waals surface area contributed by atoms with Crippen molar-refractivity contribution in [2.45, 2.75) is 33.2 Å². The van der Waals surface area contributed by atoms with E-state index in [0.717, 1.165) is 13.1 Å². The highest BCUT2D eigenvalue weighted by Crippen LogP contribution is 2.35. The van der Waals surface area contributed by atoms with E-state index in [9.17, 15) is 14.9 Å². The Morgan fingerprint density at radius 1 is 1.13 bits per heavy atom. The number of fused-ring (bicyclic) bond motifs is 1. The lowest BCUT2D eigenvalue weighted by atomic mass is 9.99. The standard InChI is InChI=1S/C23H27ClN4O3/c1-5-26(6-2)13-14-27-20-12-11-16(28(30)31)15-18(20)21(25-23(3,4)22(27)29)17-9-7-8-10-19(17)24/h7-12,15H,5-6,13-14H2,1-4H3. The average Bonchev–Trinajstić information content (AvgIpc) is 2.82. The highest BCUT2D eigenvalue weighted by Gasteiger charge is 2.38. The Balaban J connectivity index is 2.22. The summed E-state index contributed by atoms with van der Waals surface area (Å²) in [6.45, 7) is 10.6. The number of halogens is 1. The topological polar surface area (TPSA) is 79.0 Å². The van der Waals surface area contributed by atoms with Gasteiger partial charge in [-0.25, -0.2) is 0 Å². The van der Waals surface area contributed by atoms with Crippen molar-refractivity contribution in [2.75, 3.05) is 31.1 Å². The zero-order valence-electron chi connectivity index (χ0n) is 18.3. The van der Waals surface area contributed by atoms with Crippen LogP contribution in [0.1, 0.15) is 38.8 Å². The van der Waals surface area contributed by atoms with Crippen molar-refractivity contribution in [3.63, 3.8) is 0 Å². The van der Waals surface area contributed by atoms with E-state index in [1.165, 1.54) is 12.1 Å². The Bertz CT molecular complexity index is 1030. The molecule has 0 saturated heterocycles. The van der Waals surface area contributed by atoms with Crippen LogP contribution >= 0.6 is 11.6 Å². The summed E-state index contributed by atoms with van der Waals surface area (Å²) in [5.74, 6) is -0.156. The van der Waals surface area contributed by atoms with Crippen molar-refractivity contribution in [3.05, 3.63) is 68.7 Å². The average molecular weight is 443 g/mol. The summed E-state index contributed by atoms with van der Waals surface area (Å²) in [5.41, 5.74) is 1.12. The largest absolute Gasteiger partial charge is 0.308 e. The van der Waals surface area contributed by atoms with Crippen LogP contribution in [-0.4, -0.2) is 53.2 Å². The van der Waals surface area contributed by atoms with Gasteiger partial charge in [0.05, 0.1) is 16.3 Å². The maximum absolute atomic E-state index is 13.5. The molecule has 1 aliphatic heterocycles. The van der Waals surface area contributed by atoms with E-state index < -0.39 is 10.5 Å². The molecule has 7 nitrogen and oxygen atoms in total. The SMILES string of the molecule is CCN(CC)CCN1C(=O)C(C)(C)N=C(c2ccccc2Cl)c2cc([N+](=O)[O-])ccc21. The molecule has 0 fully saturated rings. The third-order valence-corrected chi connectivity index (χ3v) is 5.89. The third-order valence-electron chi connectivity index (χ3n) is 5.56. The molecule has 3 rings (SSSR count). The molecule has 31 heavy (non-hydrogen) atoms. The molecular formula is C23H27ClN4O3. The molecule has 8 heteroatoms. The number of benzene rings is 2. The second-order valence-electron chi connectivity index (χ2n) is 7.94. The number of carbonyl (C=O) groups is 1. The highest BCUT2D eigenvalue weighted by molar-refractivity contribution is 6.36. The number of non-ortho nitro benzene ring substituents is 1. The molecule has 1 aliphatic rings. The number of benzodiazepines with no additional fused rings is 1. The molecule has 2 aromatic carbocycles. The number of nitro groups is 1. The van der Waals surface area contributed by atoms with Gasteiger partial charge in [0.1, 0.15) is 5.54 Å². The molecule has 0 unspecified atom stereocenters.